The number of hydrogen-bond acceptors (Lipinski definition) is 5. The van der Waals surface area contributed by atoms with Gasteiger partial charge in [0.1, 0.15) is 6.61 Å². The van der Waals surface area contributed by atoms with Crippen LogP contribution in [0.5, 0.6) is 0 Å². The summed E-state index contributed by atoms with van der Waals surface area (Å²) in [5, 5.41) is 9.60. The summed E-state index contributed by atoms with van der Waals surface area (Å²) in [6.45, 7) is 4.02. The molecule has 0 saturated carbocycles. The molecule has 0 aromatic heterocycles. The van der Waals surface area contributed by atoms with Crippen LogP contribution < -0.4 is 0 Å². The number of aliphatic hydroxyl groups is 1. The zero-order valence-electron chi connectivity index (χ0n) is 44.2. The standard InChI is InChI=1S/C61H112O5/c1-3-5-7-9-11-13-15-17-18-19-20-21-22-23-24-25-26-27-28-29-30-31-32-33-34-35-36-37-38-39-40-41-42-44-45-47-49-51-53-55-60(63)65-58-59(57-62)66-61(64)56-54-52-50-48-46-43-16-14-12-10-8-6-4-2/h6,8,12,14,19-20,43,46,59,62H,3-5,7,9-11,13,15-18,21-42,44-45,47-58H2,1-2H3/b8-6-,14-12-,20-19-,46-43-. The van der Waals surface area contributed by atoms with Crippen molar-refractivity contribution in [3.05, 3.63) is 48.6 Å². The fourth-order valence-electron chi connectivity index (χ4n) is 8.74. The van der Waals surface area contributed by atoms with Gasteiger partial charge in [0.2, 0.25) is 0 Å². The van der Waals surface area contributed by atoms with Gasteiger partial charge in [0.05, 0.1) is 6.61 Å². The van der Waals surface area contributed by atoms with E-state index >= 15 is 0 Å². The minimum absolute atomic E-state index is 0.0754. The Morgan fingerprint density at radius 1 is 0.364 bits per heavy atom. The highest BCUT2D eigenvalue weighted by atomic mass is 16.6. The minimum Gasteiger partial charge on any atom is -0.462 e. The van der Waals surface area contributed by atoms with Crippen molar-refractivity contribution in [3.8, 4) is 0 Å². The first-order chi connectivity index (χ1) is 32.6. The topological polar surface area (TPSA) is 72.8 Å². The van der Waals surface area contributed by atoms with Crippen LogP contribution in [-0.2, 0) is 19.1 Å². The molecule has 0 bridgehead atoms. The number of rotatable bonds is 54. The van der Waals surface area contributed by atoms with Crippen LogP contribution in [0.1, 0.15) is 309 Å². The van der Waals surface area contributed by atoms with Crippen LogP contribution in [0.2, 0.25) is 0 Å². The fraction of sp³-hybridized carbons (Fsp3) is 0.836. The van der Waals surface area contributed by atoms with Crippen molar-refractivity contribution in [1.29, 1.82) is 0 Å². The Balaban J connectivity index is 3.35. The van der Waals surface area contributed by atoms with E-state index in [0.29, 0.717) is 12.8 Å². The van der Waals surface area contributed by atoms with Gasteiger partial charge in [-0.3, -0.25) is 9.59 Å². The van der Waals surface area contributed by atoms with Crippen LogP contribution in [0.4, 0.5) is 0 Å². The number of unbranched alkanes of at least 4 members (excludes halogenated alkanes) is 38. The van der Waals surface area contributed by atoms with E-state index < -0.39 is 6.10 Å². The number of hydrogen-bond donors (Lipinski definition) is 1. The molecule has 0 amide bonds. The molecule has 0 radical (unpaired) electrons. The third-order valence-electron chi connectivity index (χ3n) is 13.1. The fourth-order valence-corrected chi connectivity index (χ4v) is 8.74. The summed E-state index contributed by atoms with van der Waals surface area (Å²) in [7, 11) is 0. The monoisotopic (exact) mass is 925 g/mol. The minimum atomic E-state index is -0.786. The van der Waals surface area contributed by atoms with Gasteiger partial charge >= 0.3 is 11.9 Å². The van der Waals surface area contributed by atoms with Crippen molar-refractivity contribution >= 4 is 11.9 Å². The van der Waals surface area contributed by atoms with E-state index in [9.17, 15) is 14.7 Å². The van der Waals surface area contributed by atoms with Gasteiger partial charge in [-0.05, 0) is 70.6 Å². The molecule has 5 nitrogen and oxygen atoms in total. The average molecular weight is 926 g/mol. The molecule has 0 aliphatic rings. The Bertz CT molecular complexity index is 1090. The van der Waals surface area contributed by atoms with E-state index in [1.165, 1.54) is 218 Å². The zero-order chi connectivity index (χ0) is 47.7. The zero-order valence-corrected chi connectivity index (χ0v) is 44.2. The molecule has 5 heteroatoms. The van der Waals surface area contributed by atoms with Crippen LogP contribution in [0, 0.1) is 0 Å². The van der Waals surface area contributed by atoms with Crippen molar-refractivity contribution < 1.29 is 24.2 Å². The maximum atomic E-state index is 12.2. The highest BCUT2D eigenvalue weighted by Gasteiger charge is 2.16. The lowest BCUT2D eigenvalue weighted by atomic mass is 10.0. The third-order valence-corrected chi connectivity index (χ3v) is 13.1. The van der Waals surface area contributed by atoms with E-state index in [0.717, 1.165) is 64.2 Å². The van der Waals surface area contributed by atoms with E-state index in [4.69, 9.17) is 9.47 Å². The molecule has 0 fully saturated rings. The molecule has 0 aliphatic heterocycles. The van der Waals surface area contributed by atoms with Gasteiger partial charge in [-0.15, -0.1) is 0 Å². The molecule has 0 aromatic rings. The van der Waals surface area contributed by atoms with E-state index in [-0.39, 0.29) is 25.2 Å². The van der Waals surface area contributed by atoms with Crippen molar-refractivity contribution in [2.75, 3.05) is 13.2 Å². The molecule has 0 aromatic carbocycles. The summed E-state index contributed by atoms with van der Waals surface area (Å²) in [6.07, 6.45) is 75.6. The van der Waals surface area contributed by atoms with Gasteiger partial charge in [-0.1, -0.05) is 274 Å². The van der Waals surface area contributed by atoms with E-state index in [1.807, 2.05) is 0 Å². The first-order valence-corrected chi connectivity index (χ1v) is 29.2. The summed E-state index contributed by atoms with van der Waals surface area (Å²) < 4.78 is 10.6. The Kier molecular flexibility index (Phi) is 55.3. The lowest BCUT2D eigenvalue weighted by molar-refractivity contribution is -0.161. The predicted octanol–water partition coefficient (Wildman–Crippen LogP) is 19.6. The predicted molar refractivity (Wildman–Crippen MR) is 288 cm³/mol. The van der Waals surface area contributed by atoms with Gasteiger partial charge in [0, 0.05) is 12.8 Å². The van der Waals surface area contributed by atoms with Crippen molar-refractivity contribution in [3.63, 3.8) is 0 Å². The molecule has 0 rings (SSSR count). The number of ether oxygens (including phenoxy) is 2. The van der Waals surface area contributed by atoms with Gasteiger partial charge in [-0.25, -0.2) is 0 Å². The lowest BCUT2D eigenvalue weighted by Crippen LogP contribution is -2.28. The maximum Gasteiger partial charge on any atom is 0.306 e. The number of carbonyl (C=O) groups is 2. The van der Waals surface area contributed by atoms with E-state index in [2.05, 4.69) is 62.5 Å². The number of allylic oxidation sites excluding steroid dienone is 8. The second-order valence-corrected chi connectivity index (χ2v) is 19.7. The van der Waals surface area contributed by atoms with Gasteiger partial charge in [-0.2, -0.15) is 0 Å². The quantitative estimate of drug-likeness (QED) is 0.0374. The second kappa shape index (κ2) is 57.2. The average Bonchev–Trinajstić information content (AvgIpc) is 3.32. The molecule has 0 heterocycles. The van der Waals surface area contributed by atoms with Crippen LogP contribution in [-0.4, -0.2) is 36.4 Å². The molecule has 1 unspecified atom stereocenters. The van der Waals surface area contributed by atoms with Gasteiger partial charge in [0.15, 0.2) is 6.10 Å². The number of carbonyl (C=O) groups excluding carboxylic acids is 2. The van der Waals surface area contributed by atoms with Crippen LogP contribution >= 0.6 is 0 Å². The lowest BCUT2D eigenvalue weighted by Gasteiger charge is -2.15. The molecule has 386 valence electrons. The second-order valence-electron chi connectivity index (χ2n) is 19.7. The van der Waals surface area contributed by atoms with Gasteiger partial charge < -0.3 is 14.6 Å². The summed E-state index contributed by atoms with van der Waals surface area (Å²) in [6, 6.07) is 0. The summed E-state index contributed by atoms with van der Waals surface area (Å²) in [5.74, 6) is -0.615. The molecular formula is C61H112O5. The molecule has 0 spiro atoms. The highest BCUT2D eigenvalue weighted by molar-refractivity contribution is 5.70. The van der Waals surface area contributed by atoms with Gasteiger partial charge in [0.25, 0.3) is 0 Å². The summed E-state index contributed by atoms with van der Waals surface area (Å²) in [5.41, 5.74) is 0. The SMILES string of the molecule is CC/C=C\C/C=C\C/C=C\CCCCCC(=O)OC(CO)COC(=O)CCCCCCCCCCCCCCCCCCCCCCCCCCCCC/C=C\CCCCCCCCCC. The molecule has 0 saturated heterocycles. The molecular weight excluding hydrogens is 813 g/mol. The number of esters is 2. The third kappa shape index (κ3) is 54.5. The Morgan fingerprint density at radius 2 is 0.652 bits per heavy atom. The van der Waals surface area contributed by atoms with Crippen molar-refractivity contribution in [2.45, 2.75) is 315 Å². The smallest absolute Gasteiger partial charge is 0.306 e. The highest BCUT2D eigenvalue weighted by Crippen LogP contribution is 2.17. The Labute approximate surface area is 411 Å². The van der Waals surface area contributed by atoms with Crippen LogP contribution in [0.3, 0.4) is 0 Å². The Morgan fingerprint density at radius 3 is 1.02 bits per heavy atom. The molecule has 1 atom stereocenters. The first-order valence-electron chi connectivity index (χ1n) is 29.2. The van der Waals surface area contributed by atoms with Crippen molar-refractivity contribution in [1.82, 2.24) is 0 Å². The van der Waals surface area contributed by atoms with E-state index in [1.54, 1.807) is 0 Å². The van der Waals surface area contributed by atoms with Crippen LogP contribution in [0.15, 0.2) is 48.6 Å². The molecule has 66 heavy (non-hydrogen) atoms. The molecule has 0 aliphatic carbocycles. The van der Waals surface area contributed by atoms with Crippen LogP contribution in [0.25, 0.3) is 0 Å². The maximum absolute atomic E-state index is 12.2. The number of aliphatic hydroxyl groups excluding tert-OH is 1. The summed E-state index contributed by atoms with van der Waals surface area (Å²) in [4.78, 5) is 24.4. The largest absolute Gasteiger partial charge is 0.462 e. The van der Waals surface area contributed by atoms with Crippen molar-refractivity contribution in [2.24, 2.45) is 0 Å². The molecule has 1 N–H and O–H groups in total. The normalized spacial score (nSPS) is 12.5. The Hall–Kier alpha value is -2.14. The first kappa shape index (κ1) is 63.9. The summed E-state index contributed by atoms with van der Waals surface area (Å²) >= 11 is 0.